The molecule has 1 aliphatic heterocycles. The third-order valence-corrected chi connectivity index (χ3v) is 2.58. The smallest absolute Gasteiger partial charge is 0.274 e. The Morgan fingerprint density at radius 2 is 1.85 bits per heavy atom. The van der Waals surface area contributed by atoms with Gasteiger partial charge in [0.05, 0.1) is 6.54 Å². The van der Waals surface area contributed by atoms with Crippen LogP contribution in [0.25, 0.3) is 0 Å². The van der Waals surface area contributed by atoms with Crippen molar-refractivity contribution in [2.24, 2.45) is 5.14 Å². The molecule has 1 atom stereocenters. The molecule has 20 heavy (non-hydrogen) atoms. The molecule has 114 valence electrons. The summed E-state index contributed by atoms with van der Waals surface area (Å²) in [7, 11) is -3.73. The Balaban J connectivity index is 0.00000172. The Hall–Kier alpha value is -1.57. The molecule has 1 rings (SSSR count). The molecule has 3 N–H and O–H groups in total. The summed E-state index contributed by atoms with van der Waals surface area (Å²) in [5, 5.41) is 4.83. The first-order valence-electron chi connectivity index (χ1n) is 6.19. The van der Waals surface area contributed by atoms with E-state index in [4.69, 9.17) is 14.6 Å². The molecule has 0 amide bonds. The molecule has 1 fully saturated rings. The lowest BCUT2D eigenvalue weighted by atomic mass is 10.2. The first-order chi connectivity index (χ1) is 9.46. The number of ether oxygens (including phenoxy) is 2. The second kappa shape index (κ2) is 9.35. The van der Waals surface area contributed by atoms with Gasteiger partial charge in [-0.2, -0.15) is 13.1 Å². The van der Waals surface area contributed by atoms with Gasteiger partial charge in [-0.1, -0.05) is 39.2 Å². The van der Waals surface area contributed by atoms with Crippen LogP contribution >= 0.6 is 0 Å². The molecule has 0 aromatic rings. The fourth-order valence-corrected chi connectivity index (χ4v) is 1.72. The van der Waals surface area contributed by atoms with Crippen LogP contribution in [0.2, 0.25) is 0 Å². The van der Waals surface area contributed by atoms with Crippen LogP contribution in [0, 0.1) is 0 Å². The maximum absolute atomic E-state index is 10.8. The predicted molar refractivity (Wildman–Crippen MR) is 79.8 cm³/mol. The maximum atomic E-state index is 10.8. The number of nitrogens with one attached hydrogen (secondary N) is 1. The van der Waals surface area contributed by atoms with Gasteiger partial charge in [0, 0.05) is 0 Å². The molecule has 6 nitrogen and oxygen atoms in total. The fraction of sp³-hybridized carbons (Fsp3) is 0.385. The molecule has 0 aromatic heterocycles. The minimum atomic E-state index is -3.73. The van der Waals surface area contributed by atoms with E-state index in [0.717, 1.165) is 0 Å². The zero-order valence-corrected chi connectivity index (χ0v) is 12.7. The molecule has 1 aliphatic rings. The molecule has 0 spiro atoms. The molecule has 0 saturated carbocycles. The van der Waals surface area contributed by atoms with Gasteiger partial charge in [0.25, 0.3) is 10.2 Å². The van der Waals surface area contributed by atoms with Crippen molar-refractivity contribution < 1.29 is 17.9 Å². The molecule has 0 radical (unpaired) electrons. The summed E-state index contributed by atoms with van der Waals surface area (Å²) in [4.78, 5) is 0. The summed E-state index contributed by atoms with van der Waals surface area (Å²) in [6.45, 7) is 11.4. The SMILES string of the molecule is C=C/C=C1/OC[C@H](CNS(N)(=O)=O)O/C1=C/C=C.CC. The summed E-state index contributed by atoms with van der Waals surface area (Å²) >= 11 is 0. The summed E-state index contributed by atoms with van der Waals surface area (Å²) in [5.74, 6) is 0.995. The van der Waals surface area contributed by atoms with Gasteiger partial charge in [-0.25, -0.2) is 5.14 Å². The van der Waals surface area contributed by atoms with Gasteiger partial charge in [-0.3, -0.25) is 0 Å². The van der Waals surface area contributed by atoms with E-state index < -0.39 is 16.3 Å². The second-order valence-corrected chi connectivity index (χ2v) is 4.86. The Labute approximate surface area is 120 Å². The predicted octanol–water partition coefficient (Wildman–Crippen LogP) is 1.36. The third-order valence-electron chi connectivity index (χ3n) is 2.01. The van der Waals surface area contributed by atoms with E-state index in [1.807, 2.05) is 13.8 Å². The van der Waals surface area contributed by atoms with Crippen molar-refractivity contribution in [3.63, 3.8) is 0 Å². The minimum absolute atomic E-state index is 0.0364. The molecule has 0 unspecified atom stereocenters. The van der Waals surface area contributed by atoms with Crippen molar-refractivity contribution in [1.82, 2.24) is 4.72 Å². The van der Waals surface area contributed by atoms with Gasteiger partial charge in [0.1, 0.15) is 12.7 Å². The van der Waals surface area contributed by atoms with E-state index in [1.165, 1.54) is 0 Å². The molecule has 0 aromatic carbocycles. The van der Waals surface area contributed by atoms with E-state index in [0.29, 0.717) is 11.5 Å². The molecular weight excluding hydrogens is 280 g/mol. The highest BCUT2D eigenvalue weighted by Crippen LogP contribution is 2.21. The quantitative estimate of drug-likeness (QED) is 0.802. The van der Waals surface area contributed by atoms with E-state index in [-0.39, 0.29) is 13.2 Å². The highest BCUT2D eigenvalue weighted by atomic mass is 32.2. The molecular formula is C13H22N2O4S. The van der Waals surface area contributed by atoms with Gasteiger partial charge in [-0.15, -0.1) is 0 Å². The van der Waals surface area contributed by atoms with Gasteiger partial charge in [-0.05, 0) is 12.2 Å². The van der Waals surface area contributed by atoms with Crippen molar-refractivity contribution in [2.45, 2.75) is 20.0 Å². The van der Waals surface area contributed by atoms with Crippen LogP contribution in [0.4, 0.5) is 0 Å². The summed E-state index contributed by atoms with van der Waals surface area (Å²) < 4.78 is 34.7. The van der Waals surface area contributed by atoms with Crippen molar-refractivity contribution in [3.05, 3.63) is 49.0 Å². The Kier molecular flexibility index (Phi) is 8.62. The highest BCUT2D eigenvalue weighted by molar-refractivity contribution is 7.87. The number of hydrogen-bond donors (Lipinski definition) is 2. The lowest BCUT2D eigenvalue weighted by molar-refractivity contribution is -0.00336. The largest absolute Gasteiger partial charge is 0.486 e. The van der Waals surface area contributed by atoms with Gasteiger partial charge < -0.3 is 9.47 Å². The first kappa shape index (κ1) is 18.4. The first-order valence-corrected chi connectivity index (χ1v) is 7.73. The van der Waals surface area contributed by atoms with Gasteiger partial charge in [0.2, 0.25) is 0 Å². The second-order valence-electron chi connectivity index (χ2n) is 3.48. The normalized spacial score (nSPS) is 22.2. The minimum Gasteiger partial charge on any atom is -0.486 e. The lowest BCUT2D eigenvalue weighted by Crippen LogP contribution is -2.41. The average molecular weight is 302 g/mol. The fourth-order valence-electron chi connectivity index (χ4n) is 1.30. The number of hydrogen-bond acceptors (Lipinski definition) is 4. The topological polar surface area (TPSA) is 90.6 Å². The van der Waals surface area contributed by atoms with Crippen molar-refractivity contribution in [3.8, 4) is 0 Å². The van der Waals surface area contributed by atoms with Crippen LogP contribution < -0.4 is 9.86 Å². The van der Waals surface area contributed by atoms with Crippen molar-refractivity contribution in [2.75, 3.05) is 13.2 Å². The highest BCUT2D eigenvalue weighted by Gasteiger charge is 2.23. The zero-order chi connectivity index (χ0) is 15.6. The van der Waals surface area contributed by atoms with Gasteiger partial charge in [0.15, 0.2) is 11.5 Å². The Morgan fingerprint density at radius 1 is 1.30 bits per heavy atom. The van der Waals surface area contributed by atoms with E-state index in [1.54, 1.807) is 24.3 Å². The molecule has 1 heterocycles. The maximum Gasteiger partial charge on any atom is 0.274 e. The number of nitrogens with two attached hydrogens (primary N) is 1. The van der Waals surface area contributed by atoms with Crippen molar-refractivity contribution >= 4 is 10.2 Å². The standard InChI is InChI=1S/C11H16N2O4S.C2H6/c1-3-5-10-11(6-4-2)17-9(8-16-10)7-13-18(12,14)15;1-2/h3-6,9,13H,1-2,7-8H2,(H2,12,14,15);1-2H3/b10-5+,11-6+;/t9-;/m0./s1. The van der Waals surface area contributed by atoms with Crippen LogP contribution in [0.3, 0.4) is 0 Å². The molecule has 0 aliphatic carbocycles. The van der Waals surface area contributed by atoms with Crippen LogP contribution in [-0.4, -0.2) is 27.7 Å². The zero-order valence-electron chi connectivity index (χ0n) is 11.8. The van der Waals surface area contributed by atoms with Crippen LogP contribution in [0.15, 0.2) is 49.0 Å². The van der Waals surface area contributed by atoms with E-state index in [9.17, 15) is 8.42 Å². The van der Waals surface area contributed by atoms with Crippen LogP contribution in [-0.2, 0) is 19.7 Å². The van der Waals surface area contributed by atoms with E-state index in [2.05, 4.69) is 17.9 Å². The Bertz CT molecular complexity index is 481. The summed E-state index contributed by atoms with van der Waals surface area (Å²) in [5.41, 5.74) is 0. The molecule has 7 heteroatoms. The van der Waals surface area contributed by atoms with E-state index >= 15 is 0 Å². The Morgan fingerprint density at radius 3 is 2.35 bits per heavy atom. The summed E-state index contributed by atoms with van der Waals surface area (Å²) in [6, 6.07) is 0. The van der Waals surface area contributed by atoms with Crippen molar-refractivity contribution in [1.29, 1.82) is 0 Å². The van der Waals surface area contributed by atoms with Gasteiger partial charge >= 0.3 is 0 Å². The number of rotatable bonds is 5. The van der Waals surface area contributed by atoms with Crippen LogP contribution in [0.1, 0.15) is 13.8 Å². The molecule has 0 bridgehead atoms. The average Bonchev–Trinajstić information content (AvgIpc) is 2.41. The summed E-state index contributed by atoms with van der Waals surface area (Å²) in [6.07, 6.45) is 5.94. The van der Waals surface area contributed by atoms with Crippen LogP contribution in [0.5, 0.6) is 0 Å². The number of allylic oxidation sites excluding steroid dienone is 4. The lowest BCUT2D eigenvalue weighted by Gasteiger charge is -2.28. The molecule has 1 saturated heterocycles. The monoisotopic (exact) mass is 302 g/mol. The third kappa shape index (κ3) is 7.13.